The molecule has 0 heteroatoms. The SMILES string of the molecule is CCCCC#CCCCC#CCCCC. The molecule has 0 aromatic heterocycles. The molecule has 0 rings (SSSR count). The van der Waals surface area contributed by atoms with Crippen molar-refractivity contribution in [1.29, 1.82) is 0 Å². The van der Waals surface area contributed by atoms with Crippen LogP contribution in [0.5, 0.6) is 0 Å². The highest BCUT2D eigenvalue weighted by Gasteiger charge is 1.81. The normalized spacial score (nSPS) is 8.67. The molecule has 0 saturated heterocycles. The molecule has 0 N–H and O–H groups in total. The van der Waals surface area contributed by atoms with Crippen molar-refractivity contribution in [2.75, 3.05) is 0 Å². The van der Waals surface area contributed by atoms with Gasteiger partial charge in [0.15, 0.2) is 0 Å². The number of hydrogen-bond acceptors (Lipinski definition) is 0. The van der Waals surface area contributed by atoms with Crippen LogP contribution in [0, 0.1) is 23.7 Å². The van der Waals surface area contributed by atoms with Gasteiger partial charge in [-0.25, -0.2) is 0 Å². The van der Waals surface area contributed by atoms with Gasteiger partial charge in [-0.15, -0.1) is 23.7 Å². The predicted octanol–water partition coefficient (Wildman–Crippen LogP) is 4.54. The lowest BCUT2D eigenvalue weighted by molar-refractivity contribution is 0.823. The van der Waals surface area contributed by atoms with Gasteiger partial charge in [-0.2, -0.15) is 0 Å². The molecule has 84 valence electrons. The summed E-state index contributed by atoms with van der Waals surface area (Å²) in [6.45, 7) is 4.40. The summed E-state index contributed by atoms with van der Waals surface area (Å²) in [6.07, 6.45) is 10.3. The van der Waals surface area contributed by atoms with Crippen LogP contribution in [0.25, 0.3) is 0 Å². The first-order chi connectivity index (χ1) is 7.41. The summed E-state index contributed by atoms with van der Waals surface area (Å²) in [6, 6.07) is 0. The van der Waals surface area contributed by atoms with Crippen molar-refractivity contribution in [3.05, 3.63) is 0 Å². The molecule has 0 saturated carbocycles. The van der Waals surface area contributed by atoms with Crippen molar-refractivity contribution in [3.63, 3.8) is 0 Å². The van der Waals surface area contributed by atoms with Crippen LogP contribution in [0.15, 0.2) is 0 Å². The zero-order chi connectivity index (χ0) is 11.2. The van der Waals surface area contributed by atoms with E-state index in [1.807, 2.05) is 0 Å². The first kappa shape index (κ1) is 14.1. The number of hydrogen-bond donors (Lipinski definition) is 0. The predicted molar refractivity (Wildman–Crippen MR) is 68.5 cm³/mol. The van der Waals surface area contributed by atoms with E-state index in [0.717, 1.165) is 32.1 Å². The van der Waals surface area contributed by atoms with Gasteiger partial charge >= 0.3 is 0 Å². The lowest BCUT2D eigenvalue weighted by Gasteiger charge is -1.87. The molecule has 0 nitrogen and oxygen atoms in total. The van der Waals surface area contributed by atoms with E-state index in [-0.39, 0.29) is 0 Å². The highest BCUT2D eigenvalue weighted by atomic mass is 13.9. The summed E-state index contributed by atoms with van der Waals surface area (Å²) in [5.74, 6) is 12.8. The molecule has 0 atom stereocenters. The monoisotopic (exact) mass is 204 g/mol. The summed E-state index contributed by atoms with van der Waals surface area (Å²) in [4.78, 5) is 0. The van der Waals surface area contributed by atoms with Crippen molar-refractivity contribution in [2.24, 2.45) is 0 Å². The fourth-order valence-electron chi connectivity index (χ4n) is 1.15. The maximum absolute atomic E-state index is 3.20. The van der Waals surface area contributed by atoms with Crippen LogP contribution in [-0.4, -0.2) is 0 Å². The Morgan fingerprint density at radius 1 is 0.533 bits per heavy atom. The highest BCUT2D eigenvalue weighted by molar-refractivity contribution is 5.02. The molecular weight excluding hydrogens is 180 g/mol. The van der Waals surface area contributed by atoms with Crippen LogP contribution in [0.3, 0.4) is 0 Å². The van der Waals surface area contributed by atoms with E-state index in [1.165, 1.54) is 25.7 Å². The van der Waals surface area contributed by atoms with Gasteiger partial charge in [-0.1, -0.05) is 26.7 Å². The molecule has 0 aliphatic heterocycles. The second-order valence-electron chi connectivity index (χ2n) is 3.77. The fraction of sp³-hybridized carbons (Fsp3) is 0.733. The third-order valence-electron chi connectivity index (χ3n) is 2.16. The third kappa shape index (κ3) is 13.1. The van der Waals surface area contributed by atoms with Crippen LogP contribution in [0.2, 0.25) is 0 Å². The molecule has 0 amide bonds. The lowest BCUT2D eigenvalue weighted by Crippen LogP contribution is -1.72. The van der Waals surface area contributed by atoms with E-state index >= 15 is 0 Å². The Morgan fingerprint density at radius 3 is 1.20 bits per heavy atom. The minimum Gasteiger partial charge on any atom is -0.103 e. The maximum atomic E-state index is 3.20. The summed E-state index contributed by atoms with van der Waals surface area (Å²) < 4.78 is 0. The van der Waals surface area contributed by atoms with Crippen molar-refractivity contribution < 1.29 is 0 Å². The van der Waals surface area contributed by atoms with Crippen molar-refractivity contribution in [1.82, 2.24) is 0 Å². The lowest BCUT2D eigenvalue weighted by atomic mass is 10.2. The molecule has 0 heterocycles. The molecule has 0 fully saturated rings. The molecule has 15 heavy (non-hydrogen) atoms. The van der Waals surface area contributed by atoms with Gasteiger partial charge in [0.05, 0.1) is 0 Å². The second kappa shape index (κ2) is 13.1. The topological polar surface area (TPSA) is 0 Å². The third-order valence-corrected chi connectivity index (χ3v) is 2.16. The molecule has 0 aliphatic carbocycles. The highest BCUT2D eigenvalue weighted by Crippen LogP contribution is 1.95. The summed E-state index contributed by atoms with van der Waals surface area (Å²) in [7, 11) is 0. The summed E-state index contributed by atoms with van der Waals surface area (Å²) >= 11 is 0. The van der Waals surface area contributed by atoms with Crippen LogP contribution in [0.4, 0.5) is 0 Å². The molecule has 0 aromatic rings. The summed E-state index contributed by atoms with van der Waals surface area (Å²) in [5.41, 5.74) is 0. The van der Waals surface area contributed by atoms with Gasteiger partial charge in [0.2, 0.25) is 0 Å². The zero-order valence-corrected chi connectivity index (χ0v) is 10.4. The molecule has 0 aromatic carbocycles. The van der Waals surface area contributed by atoms with Crippen molar-refractivity contribution in [3.8, 4) is 23.7 Å². The minimum atomic E-state index is 1.02. The van der Waals surface area contributed by atoms with E-state index in [9.17, 15) is 0 Å². The number of unbranched alkanes of at least 4 members (excludes halogenated alkanes) is 6. The molecule has 0 bridgehead atoms. The van der Waals surface area contributed by atoms with Crippen LogP contribution < -0.4 is 0 Å². The summed E-state index contributed by atoms with van der Waals surface area (Å²) in [5, 5.41) is 0. The van der Waals surface area contributed by atoms with Gasteiger partial charge in [-0.3, -0.25) is 0 Å². The molecule has 0 unspecified atom stereocenters. The van der Waals surface area contributed by atoms with Gasteiger partial charge in [0.25, 0.3) is 0 Å². The molecule has 0 spiro atoms. The zero-order valence-electron chi connectivity index (χ0n) is 10.4. The van der Waals surface area contributed by atoms with Gasteiger partial charge in [0.1, 0.15) is 0 Å². The Balaban J connectivity index is 3.21. The number of rotatable bonds is 6. The standard InChI is InChI=1S/C15H24/c1-3-5-7-9-11-13-15-14-12-10-8-6-4-2/h3-8,13-15H2,1-2H3. The second-order valence-corrected chi connectivity index (χ2v) is 3.77. The largest absolute Gasteiger partial charge is 0.103 e. The van der Waals surface area contributed by atoms with E-state index < -0.39 is 0 Å². The molecule has 0 aliphatic rings. The van der Waals surface area contributed by atoms with Gasteiger partial charge in [0, 0.05) is 25.7 Å². The average molecular weight is 204 g/mol. The van der Waals surface area contributed by atoms with E-state index in [1.54, 1.807) is 0 Å². The van der Waals surface area contributed by atoms with E-state index in [2.05, 4.69) is 37.5 Å². The quantitative estimate of drug-likeness (QED) is 0.440. The van der Waals surface area contributed by atoms with E-state index in [0.29, 0.717) is 0 Å². The van der Waals surface area contributed by atoms with Crippen LogP contribution in [0.1, 0.15) is 71.6 Å². The van der Waals surface area contributed by atoms with Gasteiger partial charge in [-0.05, 0) is 19.3 Å². The van der Waals surface area contributed by atoms with Crippen LogP contribution in [-0.2, 0) is 0 Å². The Labute approximate surface area is 95.8 Å². The van der Waals surface area contributed by atoms with Gasteiger partial charge < -0.3 is 0 Å². The van der Waals surface area contributed by atoms with Crippen molar-refractivity contribution >= 4 is 0 Å². The maximum Gasteiger partial charge on any atom is 0.00977 e. The fourth-order valence-corrected chi connectivity index (χ4v) is 1.15. The molecule has 0 radical (unpaired) electrons. The smallest absolute Gasteiger partial charge is 0.00977 e. The first-order valence-electron chi connectivity index (χ1n) is 6.33. The van der Waals surface area contributed by atoms with E-state index in [4.69, 9.17) is 0 Å². The Morgan fingerprint density at radius 2 is 0.867 bits per heavy atom. The Bertz CT molecular complexity index is 202. The first-order valence-corrected chi connectivity index (χ1v) is 6.33. The van der Waals surface area contributed by atoms with Crippen LogP contribution >= 0.6 is 0 Å². The minimum absolute atomic E-state index is 1.02. The molecular formula is C15H24. The Hall–Kier alpha value is -0.880. The average Bonchev–Trinajstić information content (AvgIpc) is 2.26. The Kier molecular flexibility index (Phi) is 12.4. The van der Waals surface area contributed by atoms with Crippen molar-refractivity contribution in [2.45, 2.75) is 71.6 Å².